The predicted octanol–water partition coefficient (Wildman–Crippen LogP) is 3.75. The first-order valence-corrected chi connectivity index (χ1v) is 10.8. The molecule has 0 aliphatic heterocycles. The van der Waals surface area contributed by atoms with Gasteiger partial charge in [-0.25, -0.2) is 4.98 Å². The van der Waals surface area contributed by atoms with Crippen LogP contribution in [0.2, 0.25) is 0 Å². The highest BCUT2D eigenvalue weighted by molar-refractivity contribution is 5.83. The number of carbonyl (C=O) groups is 1. The maximum atomic E-state index is 13.3. The van der Waals surface area contributed by atoms with Gasteiger partial charge in [-0.05, 0) is 51.9 Å². The molecule has 1 amide bonds. The van der Waals surface area contributed by atoms with Crippen LogP contribution in [0.4, 0.5) is 13.2 Å². The molecule has 1 saturated carbocycles. The van der Waals surface area contributed by atoms with Crippen molar-refractivity contribution in [3.05, 3.63) is 40.3 Å². The summed E-state index contributed by atoms with van der Waals surface area (Å²) in [6.07, 6.45) is 2.00. The lowest BCUT2D eigenvalue weighted by Gasteiger charge is -2.31. The zero-order valence-corrected chi connectivity index (χ0v) is 17.9. The summed E-state index contributed by atoms with van der Waals surface area (Å²) >= 11 is 0. The molecule has 2 aromatic rings. The fourth-order valence-electron chi connectivity index (χ4n) is 4.23. The van der Waals surface area contributed by atoms with E-state index in [1.54, 1.807) is 6.07 Å². The van der Waals surface area contributed by atoms with E-state index in [-0.39, 0.29) is 11.0 Å². The Morgan fingerprint density at radius 1 is 1.26 bits per heavy atom. The van der Waals surface area contributed by atoms with Crippen molar-refractivity contribution in [1.82, 2.24) is 19.8 Å². The molecule has 1 unspecified atom stereocenters. The number of hydrogen-bond acceptors (Lipinski definition) is 4. The summed E-state index contributed by atoms with van der Waals surface area (Å²) in [6, 6.07) is 5.50. The lowest BCUT2D eigenvalue weighted by atomic mass is 9.94. The van der Waals surface area contributed by atoms with Crippen LogP contribution >= 0.6 is 0 Å². The summed E-state index contributed by atoms with van der Waals surface area (Å²) < 4.78 is 40.8. The van der Waals surface area contributed by atoms with Crippen molar-refractivity contribution in [1.29, 1.82) is 0 Å². The lowest BCUT2D eigenvalue weighted by Crippen LogP contribution is -2.40. The van der Waals surface area contributed by atoms with E-state index in [4.69, 9.17) is 0 Å². The molecule has 31 heavy (non-hydrogen) atoms. The molecule has 1 heterocycles. The van der Waals surface area contributed by atoms with Gasteiger partial charge < -0.3 is 10.2 Å². The van der Waals surface area contributed by atoms with Crippen molar-refractivity contribution < 1.29 is 18.0 Å². The molecule has 1 aliphatic carbocycles. The topological polar surface area (TPSA) is 67.2 Å². The van der Waals surface area contributed by atoms with Crippen LogP contribution in [0.15, 0.2) is 29.1 Å². The number of aromatic nitrogens is 2. The van der Waals surface area contributed by atoms with E-state index in [1.165, 1.54) is 57.2 Å². The summed E-state index contributed by atoms with van der Waals surface area (Å²) in [5.41, 5.74) is -2.62. The van der Waals surface area contributed by atoms with Crippen molar-refractivity contribution in [2.24, 2.45) is 0 Å². The summed E-state index contributed by atoms with van der Waals surface area (Å²) in [5, 5.41) is 2.76. The Kier molecular flexibility index (Phi) is 7.35. The molecule has 1 aromatic carbocycles. The molecule has 6 nitrogen and oxygen atoms in total. The molecule has 1 fully saturated rings. The second-order valence-corrected chi connectivity index (χ2v) is 8.22. The van der Waals surface area contributed by atoms with Crippen molar-refractivity contribution in [3.63, 3.8) is 0 Å². The maximum Gasteiger partial charge on any atom is 0.438 e. The van der Waals surface area contributed by atoms with Crippen LogP contribution in [0.5, 0.6) is 0 Å². The van der Waals surface area contributed by atoms with E-state index < -0.39 is 29.4 Å². The third-order valence-electron chi connectivity index (χ3n) is 6.02. The van der Waals surface area contributed by atoms with Crippen LogP contribution in [0.1, 0.15) is 57.2 Å². The zero-order chi connectivity index (χ0) is 22.6. The van der Waals surface area contributed by atoms with Crippen LogP contribution in [0.3, 0.4) is 0 Å². The molecule has 1 aromatic heterocycles. The van der Waals surface area contributed by atoms with Gasteiger partial charge in [0.15, 0.2) is 0 Å². The lowest BCUT2D eigenvalue weighted by molar-refractivity contribution is -0.142. The number of alkyl halides is 3. The monoisotopic (exact) mass is 438 g/mol. The van der Waals surface area contributed by atoms with Gasteiger partial charge in [0, 0.05) is 12.6 Å². The molecule has 0 spiro atoms. The Hall–Kier alpha value is -2.42. The number of hydrogen-bond donors (Lipinski definition) is 1. The zero-order valence-electron chi connectivity index (χ0n) is 17.9. The molecule has 1 N–H and O–H groups in total. The van der Waals surface area contributed by atoms with Crippen LogP contribution in [0, 0.1) is 0 Å². The van der Waals surface area contributed by atoms with E-state index in [2.05, 4.69) is 22.2 Å². The minimum atomic E-state index is -4.90. The van der Waals surface area contributed by atoms with Gasteiger partial charge in [0.1, 0.15) is 6.04 Å². The normalized spacial score (nSPS) is 16.6. The fraction of sp³-hybridized carbons (Fsp3) is 0.591. The number of rotatable bonds is 7. The Balaban J connectivity index is 1.69. The van der Waals surface area contributed by atoms with Gasteiger partial charge >= 0.3 is 6.18 Å². The molecular formula is C22H29F3N4O2. The van der Waals surface area contributed by atoms with Gasteiger partial charge in [-0.2, -0.15) is 13.2 Å². The average molecular weight is 438 g/mol. The minimum Gasteiger partial charge on any atom is -0.354 e. The van der Waals surface area contributed by atoms with Gasteiger partial charge in [0.25, 0.3) is 5.56 Å². The van der Waals surface area contributed by atoms with Gasteiger partial charge in [0.2, 0.25) is 11.6 Å². The summed E-state index contributed by atoms with van der Waals surface area (Å²) in [5.74, 6) is -0.494. The first-order chi connectivity index (χ1) is 14.7. The number of para-hydroxylation sites is 2. The second kappa shape index (κ2) is 9.80. The second-order valence-electron chi connectivity index (χ2n) is 8.22. The van der Waals surface area contributed by atoms with Gasteiger partial charge in [-0.3, -0.25) is 14.2 Å². The molecular weight excluding hydrogens is 409 g/mol. The summed E-state index contributed by atoms with van der Waals surface area (Å²) in [4.78, 5) is 31.0. The van der Waals surface area contributed by atoms with Gasteiger partial charge in [-0.1, -0.05) is 31.4 Å². The number of nitrogens with zero attached hydrogens (tertiary/aromatic N) is 3. The Bertz CT molecular complexity index is 967. The molecule has 9 heteroatoms. The molecule has 170 valence electrons. The fourth-order valence-corrected chi connectivity index (χ4v) is 4.23. The van der Waals surface area contributed by atoms with Crippen molar-refractivity contribution in [3.8, 4) is 0 Å². The van der Waals surface area contributed by atoms with Crippen molar-refractivity contribution in [2.45, 2.75) is 63.7 Å². The summed E-state index contributed by atoms with van der Waals surface area (Å²) in [6.45, 7) is 2.65. The third-order valence-corrected chi connectivity index (χ3v) is 6.02. The molecule has 1 atom stereocenters. The molecule has 1 aliphatic rings. The quantitative estimate of drug-likeness (QED) is 0.669. The maximum absolute atomic E-state index is 13.3. The largest absolute Gasteiger partial charge is 0.438 e. The number of amides is 1. The van der Waals surface area contributed by atoms with Gasteiger partial charge in [-0.15, -0.1) is 0 Å². The molecule has 0 radical (unpaired) electrons. The number of fused-ring (bicyclic) bond motifs is 1. The molecule has 0 bridgehead atoms. The van der Waals surface area contributed by atoms with E-state index in [0.29, 0.717) is 12.6 Å². The van der Waals surface area contributed by atoms with E-state index >= 15 is 0 Å². The standard InChI is InChI=1S/C22H29F3N4O2/c1-15(20(30)26-13-8-14-28(2)16-9-4-3-5-10-16)29-18-12-7-6-11-17(18)27-19(21(29)31)22(23,24)25/h6-7,11-12,15-16H,3-5,8-10,13-14H2,1-2H3,(H,26,30). The molecule has 0 saturated heterocycles. The third kappa shape index (κ3) is 5.44. The molecule has 3 rings (SSSR count). The number of benzene rings is 1. The van der Waals surface area contributed by atoms with Crippen LogP contribution < -0.4 is 10.9 Å². The van der Waals surface area contributed by atoms with Crippen molar-refractivity contribution >= 4 is 16.9 Å². The number of carbonyl (C=O) groups excluding carboxylic acids is 1. The van der Waals surface area contributed by atoms with Crippen molar-refractivity contribution in [2.75, 3.05) is 20.1 Å². The first-order valence-electron chi connectivity index (χ1n) is 10.8. The highest BCUT2D eigenvalue weighted by Gasteiger charge is 2.38. The van der Waals surface area contributed by atoms with E-state index in [0.717, 1.165) is 17.5 Å². The van der Waals surface area contributed by atoms with E-state index in [9.17, 15) is 22.8 Å². The number of halogens is 3. The van der Waals surface area contributed by atoms with Crippen LogP contribution in [-0.2, 0) is 11.0 Å². The smallest absolute Gasteiger partial charge is 0.354 e. The highest BCUT2D eigenvalue weighted by Crippen LogP contribution is 2.27. The van der Waals surface area contributed by atoms with Gasteiger partial charge in [0.05, 0.1) is 11.0 Å². The first kappa shape index (κ1) is 23.2. The Morgan fingerprint density at radius 2 is 1.94 bits per heavy atom. The number of nitrogens with one attached hydrogen (secondary N) is 1. The Labute approximate surface area is 179 Å². The highest BCUT2D eigenvalue weighted by atomic mass is 19.4. The van der Waals surface area contributed by atoms with E-state index in [1.807, 2.05) is 0 Å². The minimum absolute atomic E-state index is 0.0168. The van der Waals surface area contributed by atoms with Crippen LogP contribution in [-0.4, -0.2) is 46.5 Å². The Morgan fingerprint density at radius 3 is 2.61 bits per heavy atom. The average Bonchev–Trinajstić information content (AvgIpc) is 2.75. The predicted molar refractivity (Wildman–Crippen MR) is 113 cm³/mol. The van der Waals surface area contributed by atoms with Crippen LogP contribution in [0.25, 0.3) is 11.0 Å². The SMILES string of the molecule is CC(C(=O)NCCCN(C)C1CCCCC1)n1c(=O)c(C(F)(F)F)nc2ccccc21. The summed E-state index contributed by atoms with van der Waals surface area (Å²) in [7, 11) is 2.09.